The number of fused-ring (bicyclic) bond motifs is 1. The topological polar surface area (TPSA) is 36.4 Å². The highest BCUT2D eigenvalue weighted by Gasteiger charge is 2.24. The molecule has 0 N–H and O–H groups in total. The molecule has 4 nitrogen and oxygen atoms in total. The van der Waals surface area contributed by atoms with Gasteiger partial charge in [-0.3, -0.25) is 4.79 Å². The molecule has 0 unspecified atom stereocenters. The van der Waals surface area contributed by atoms with Gasteiger partial charge in [-0.15, -0.1) is 11.8 Å². The van der Waals surface area contributed by atoms with E-state index in [-0.39, 0.29) is 5.91 Å². The molecule has 1 aliphatic rings. The number of thiazole rings is 1. The molecule has 1 aliphatic heterocycles. The summed E-state index contributed by atoms with van der Waals surface area (Å²) in [6, 6.07) is 12.4. The van der Waals surface area contributed by atoms with Gasteiger partial charge in [0.25, 0.3) is 5.91 Å². The van der Waals surface area contributed by atoms with Crippen LogP contribution >= 0.6 is 23.1 Å². The van der Waals surface area contributed by atoms with Gasteiger partial charge >= 0.3 is 0 Å². The van der Waals surface area contributed by atoms with Gasteiger partial charge in [0.2, 0.25) is 0 Å². The summed E-state index contributed by atoms with van der Waals surface area (Å²) in [4.78, 5) is 23.3. The fraction of sp³-hybridized carbons (Fsp3) is 0.391. The van der Waals surface area contributed by atoms with Crippen LogP contribution in [0.2, 0.25) is 0 Å². The van der Waals surface area contributed by atoms with Crippen LogP contribution in [0.25, 0.3) is 10.2 Å². The van der Waals surface area contributed by atoms with Gasteiger partial charge in [0.05, 0.1) is 10.2 Å². The van der Waals surface area contributed by atoms with Crippen LogP contribution in [-0.4, -0.2) is 47.2 Å². The maximum Gasteiger partial charge on any atom is 0.254 e. The normalized spacial score (nSPS) is 14.8. The Bertz CT molecular complexity index is 997. The SMILES string of the molecule is Cc1cc2nc(N3CCN(C(=O)c4cccc(SC(C)C)c4)CC3)sc2cc1C. The van der Waals surface area contributed by atoms with Crippen molar-refractivity contribution in [2.75, 3.05) is 31.1 Å². The maximum atomic E-state index is 13.0. The van der Waals surface area contributed by atoms with Crippen LogP contribution in [-0.2, 0) is 0 Å². The van der Waals surface area contributed by atoms with E-state index in [1.54, 1.807) is 23.1 Å². The van der Waals surface area contributed by atoms with Crippen molar-refractivity contribution in [1.82, 2.24) is 9.88 Å². The Kier molecular flexibility index (Phi) is 5.83. The zero-order chi connectivity index (χ0) is 20.5. The lowest BCUT2D eigenvalue weighted by atomic mass is 10.1. The predicted octanol–water partition coefficient (Wildman–Crippen LogP) is 5.38. The third-order valence-corrected chi connectivity index (χ3v) is 7.36. The number of hydrogen-bond donors (Lipinski definition) is 0. The summed E-state index contributed by atoms with van der Waals surface area (Å²) >= 11 is 3.54. The number of carbonyl (C=O) groups is 1. The highest BCUT2D eigenvalue weighted by molar-refractivity contribution is 7.99. The van der Waals surface area contributed by atoms with Crippen LogP contribution < -0.4 is 4.90 Å². The van der Waals surface area contributed by atoms with Crippen LogP contribution in [0.15, 0.2) is 41.3 Å². The Morgan fingerprint density at radius 3 is 2.52 bits per heavy atom. The van der Waals surface area contributed by atoms with Crippen molar-refractivity contribution in [2.24, 2.45) is 0 Å². The molecule has 29 heavy (non-hydrogen) atoms. The van der Waals surface area contributed by atoms with E-state index >= 15 is 0 Å². The number of hydrogen-bond acceptors (Lipinski definition) is 5. The number of aryl methyl sites for hydroxylation is 2. The van der Waals surface area contributed by atoms with Gasteiger partial charge in [-0.2, -0.15) is 0 Å². The smallest absolute Gasteiger partial charge is 0.254 e. The predicted molar refractivity (Wildman–Crippen MR) is 125 cm³/mol. The van der Waals surface area contributed by atoms with Crippen molar-refractivity contribution >= 4 is 44.4 Å². The van der Waals surface area contributed by atoms with Gasteiger partial charge in [0.1, 0.15) is 0 Å². The van der Waals surface area contributed by atoms with Crippen LogP contribution in [0.3, 0.4) is 0 Å². The summed E-state index contributed by atoms with van der Waals surface area (Å²) in [6.45, 7) is 11.7. The van der Waals surface area contributed by atoms with Crippen molar-refractivity contribution in [2.45, 2.75) is 37.8 Å². The van der Waals surface area contributed by atoms with E-state index in [1.165, 1.54) is 15.8 Å². The van der Waals surface area contributed by atoms with E-state index in [9.17, 15) is 4.79 Å². The summed E-state index contributed by atoms with van der Waals surface area (Å²) in [5.74, 6) is 0.131. The first kappa shape index (κ1) is 20.2. The zero-order valence-corrected chi connectivity index (χ0v) is 19.1. The molecule has 2 heterocycles. The quantitative estimate of drug-likeness (QED) is 0.526. The van der Waals surface area contributed by atoms with Gasteiger partial charge in [0.15, 0.2) is 5.13 Å². The second kappa shape index (κ2) is 8.36. The Labute approximate surface area is 180 Å². The van der Waals surface area contributed by atoms with Crippen LogP contribution in [0.4, 0.5) is 5.13 Å². The molecule has 0 radical (unpaired) electrons. The fourth-order valence-electron chi connectivity index (χ4n) is 3.56. The number of nitrogens with zero attached hydrogens (tertiary/aromatic N) is 3. The van der Waals surface area contributed by atoms with Crippen LogP contribution in [0.5, 0.6) is 0 Å². The standard InChI is InChI=1S/C23H27N3OS2/c1-15(2)28-19-7-5-6-18(14-19)22(27)25-8-10-26(11-9-25)23-24-20-12-16(3)17(4)13-21(20)29-23/h5-7,12-15H,8-11H2,1-4H3. The van der Waals surface area contributed by atoms with Crippen LogP contribution in [0.1, 0.15) is 35.3 Å². The minimum Gasteiger partial charge on any atom is -0.345 e. The lowest BCUT2D eigenvalue weighted by molar-refractivity contribution is 0.0746. The van der Waals surface area contributed by atoms with Crippen molar-refractivity contribution < 1.29 is 4.79 Å². The summed E-state index contributed by atoms with van der Waals surface area (Å²) in [5, 5.41) is 1.57. The first-order valence-corrected chi connectivity index (χ1v) is 11.8. The number of aromatic nitrogens is 1. The zero-order valence-electron chi connectivity index (χ0n) is 17.4. The molecule has 1 saturated heterocycles. The van der Waals surface area contributed by atoms with Crippen molar-refractivity contribution in [1.29, 1.82) is 0 Å². The first-order valence-electron chi connectivity index (χ1n) is 10.1. The first-order chi connectivity index (χ1) is 13.9. The molecule has 0 atom stereocenters. The highest BCUT2D eigenvalue weighted by Crippen LogP contribution is 2.31. The molecule has 0 saturated carbocycles. The molecule has 0 spiro atoms. The summed E-state index contributed by atoms with van der Waals surface area (Å²) in [5.41, 5.74) is 4.45. The number of amides is 1. The van der Waals surface area contributed by atoms with Gasteiger partial charge in [-0.25, -0.2) is 4.98 Å². The third kappa shape index (κ3) is 4.43. The van der Waals surface area contributed by atoms with E-state index in [0.717, 1.165) is 47.3 Å². The van der Waals surface area contributed by atoms with Gasteiger partial charge in [0, 0.05) is 41.9 Å². The fourth-order valence-corrected chi connectivity index (χ4v) is 5.55. The third-order valence-electron chi connectivity index (χ3n) is 5.28. The molecule has 0 aliphatic carbocycles. The molecule has 1 fully saturated rings. The molecule has 6 heteroatoms. The number of anilines is 1. The largest absolute Gasteiger partial charge is 0.345 e. The number of carbonyl (C=O) groups excluding carboxylic acids is 1. The Balaban J connectivity index is 1.43. The molecule has 3 aromatic rings. The number of piperazine rings is 1. The number of thioether (sulfide) groups is 1. The number of benzene rings is 2. The average Bonchev–Trinajstić information content (AvgIpc) is 3.10. The molecular formula is C23H27N3OS2. The van der Waals surface area contributed by atoms with Gasteiger partial charge < -0.3 is 9.80 Å². The lowest BCUT2D eigenvalue weighted by Gasteiger charge is -2.34. The highest BCUT2D eigenvalue weighted by atomic mass is 32.2. The number of rotatable bonds is 4. The van der Waals surface area contributed by atoms with E-state index in [0.29, 0.717) is 5.25 Å². The minimum absolute atomic E-state index is 0.131. The van der Waals surface area contributed by atoms with E-state index in [2.05, 4.69) is 50.8 Å². The molecule has 0 bridgehead atoms. The second-order valence-corrected chi connectivity index (χ2v) is 10.5. The monoisotopic (exact) mass is 425 g/mol. The molecule has 4 rings (SSSR count). The van der Waals surface area contributed by atoms with Crippen molar-refractivity contribution in [3.63, 3.8) is 0 Å². The summed E-state index contributed by atoms with van der Waals surface area (Å²) < 4.78 is 1.24. The van der Waals surface area contributed by atoms with E-state index in [1.807, 2.05) is 23.1 Å². The average molecular weight is 426 g/mol. The van der Waals surface area contributed by atoms with Crippen molar-refractivity contribution in [3.05, 3.63) is 53.1 Å². The molecule has 1 aromatic heterocycles. The van der Waals surface area contributed by atoms with E-state index < -0.39 is 0 Å². The molecular weight excluding hydrogens is 398 g/mol. The molecule has 152 valence electrons. The Morgan fingerprint density at radius 2 is 1.79 bits per heavy atom. The van der Waals surface area contributed by atoms with Gasteiger partial charge in [-0.1, -0.05) is 31.3 Å². The molecule has 2 aromatic carbocycles. The molecule has 1 amide bonds. The maximum absolute atomic E-state index is 13.0. The van der Waals surface area contributed by atoms with Crippen LogP contribution in [0, 0.1) is 13.8 Å². The summed E-state index contributed by atoms with van der Waals surface area (Å²) in [6.07, 6.45) is 0. The van der Waals surface area contributed by atoms with E-state index in [4.69, 9.17) is 4.98 Å². The Morgan fingerprint density at radius 1 is 1.07 bits per heavy atom. The lowest BCUT2D eigenvalue weighted by Crippen LogP contribution is -2.48. The summed E-state index contributed by atoms with van der Waals surface area (Å²) in [7, 11) is 0. The van der Waals surface area contributed by atoms with Gasteiger partial charge in [-0.05, 0) is 55.3 Å². The second-order valence-electron chi connectivity index (χ2n) is 7.87. The Hall–Kier alpha value is -2.05. The minimum atomic E-state index is 0.131. The van der Waals surface area contributed by atoms with Crippen molar-refractivity contribution in [3.8, 4) is 0 Å².